The SMILES string of the molecule is CCC(C)(CC)Nc1ccc([N+](=O)[O-])c(OC)c1. The summed E-state index contributed by atoms with van der Waals surface area (Å²) >= 11 is 0. The second-order valence-corrected chi connectivity index (χ2v) is 4.54. The topological polar surface area (TPSA) is 64.4 Å². The molecule has 0 heterocycles. The first-order valence-electron chi connectivity index (χ1n) is 6.06. The maximum atomic E-state index is 10.8. The molecular weight excluding hydrogens is 232 g/mol. The molecule has 1 N–H and O–H groups in total. The summed E-state index contributed by atoms with van der Waals surface area (Å²) in [5.41, 5.74) is 0.808. The number of nitrogens with zero attached hydrogens (tertiary/aromatic N) is 1. The summed E-state index contributed by atoms with van der Waals surface area (Å²) in [6.07, 6.45) is 1.95. The number of anilines is 1. The van der Waals surface area contributed by atoms with E-state index in [2.05, 4.69) is 26.1 Å². The van der Waals surface area contributed by atoms with E-state index in [1.807, 2.05) is 0 Å². The summed E-state index contributed by atoms with van der Waals surface area (Å²) in [6.45, 7) is 6.35. The molecule has 1 aromatic carbocycles. The van der Waals surface area contributed by atoms with Gasteiger partial charge in [0.2, 0.25) is 0 Å². The molecule has 0 radical (unpaired) electrons. The van der Waals surface area contributed by atoms with Gasteiger partial charge < -0.3 is 10.1 Å². The van der Waals surface area contributed by atoms with Crippen molar-refractivity contribution in [2.45, 2.75) is 39.2 Å². The van der Waals surface area contributed by atoms with Gasteiger partial charge in [-0.2, -0.15) is 0 Å². The highest BCUT2D eigenvalue weighted by atomic mass is 16.6. The standard InChI is InChI=1S/C13H20N2O3/c1-5-13(3,6-2)14-10-7-8-11(15(16)17)12(9-10)18-4/h7-9,14H,5-6H2,1-4H3. The summed E-state index contributed by atoms with van der Waals surface area (Å²) < 4.78 is 5.05. The van der Waals surface area contributed by atoms with E-state index in [1.54, 1.807) is 12.1 Å². The number of hydrogen-bond acceptors (Lipinski definition) is 4. The van der Waals surface area contributed by atoms with Crippen LogP contribution in [-0.2, 0) is 0 Å². The molecule has 0 aromatic heterocycles. The molecule has 100 valence electrons. The molecule has 0 saturated carbocycles. The summed E-state index contributed by atoms with van der Waals surface area (Å²) in [7, 11) is 1.44. The van der Waals surface area contributed by atoms with Gasteiger partial charge in [0.15, 0.2) is 5.75 Å². The van der Waals surface area contributed by atoms with Crippen molar-refractivity contribution in [3.8, 4) is 5.75 Å². The van der Waals surface area contributed by atoms with Gasteiger partial charge in [-0.25, -0.2) is 0 Å². The minimum atomic E-state index is -0.443. The molecule has 0 fully saturated rings. The van der Waals surface area contributed by atoms with Gasteiger partial charge in [0, 0.05) is 23.4 Å². The van der Waals surface area contributed by atoms with Gasteiger partial charge in [0.25, 0.3) is 0 Å². The zero-order valence-electron chi connectivity index (χ0n) is 11.3. The van der Waals surface area contributed by atoms with Crippen molar-refractivity contribution in [1.82, 2.24) is 0 Å². The predicted octanol–water partition coefficient (Wildman–Crippen LogP) is 3.59. The second-order valence-electron chi connectivity index (χ2n) is 4.54. The van der Waals surface area contributed by atoms with E-state index < -0.39 is 4.92 Å². The van der Waals surface area contributed by atoms with Crippen LogP contribution in [-0.4, -0.2) is 17.6 Å². The molecular formula is C13H20N2O3. The van der Waals surface area contributed by atoms with Crippen LogP contribution in [0, 0.1) is 10.1 Å². The third kappa shape index (κ3) is 3.12. The van der Waals surface area contributed by atoms with E-state index in [-0.39, 0.29) is 17.0 Å². The summed E-state index contributed by atoms with van der Waals surface area (Å²) in [5.74, 6) is 0.277. The zero-order valence-corrected chi connectivity index (χ0v) is 11.3. The molecule has 0 aliphatic carbocycles. The van der Waals surface area contributed by atoms with Gasteiger partial charge in [-0.05, 0) is 25.8 Å². The van der Waals surface area contributed by atoms with Crippen LogP contribution < -0.4 is 10.1 Å². The van der Waals surface area contributed by atoms with Crippen LogP contribution >= 0.6 is 0 Å². The monoisotopic (exact) mass is 252 g/mol. The van der Waals surface area contributed by atoms with Gasteiger partial charge in [-0.1, -0.05) is 13.8 Å². The lowest BCUT2D eigenvalue weighted by atomic mass is 9.95. The van der Waals surface area contributed by atoms with E-state index in [0.717, 1.165) is 18.5 Å². The Morgan fingerprint density at radius 1 is 1.39 bits per heavy atom. The zero-order chi connectivity index (χ0) is 13.8. The molecule has 0 aliphatic rings. The van der Waals surface area contributed by atoms with Crippen LogP contribution in [0.5, 0.6) is 5.75 Å². The quantitative estimate of drug-likeness (QED) is 0.620. The highest BCUT2D eigenvalue weighted by molar-refractivity contribution is 5.58. The Morgan fingerprint density at radius 2 is 2.00 bits per heavy atom. The lowest BCUT2D eigenvalue weighted by molar-refractivity contribution is -0.385. The minimum Gasteiger partial charge on any atom is -0.490 e. The molecule has 0 atom stereocenters. The number of ether oxygens (including phenoxy) is 1. The fourth-order valence-corrected chi connectivity index (χ4v) is 1.68. The van der Waals surface area contributed by atoms with Crippen LogP contribution in [0.15, 0.2) is 18.2 Å². The number of nitrogens with one attached hydrogen (secondary N) is 1. The Hall–Kier alpha value is -1.78. The third-order valence-electron chi connectivity index (χ3n) is 3.38. The molecule has 0 saturated heterocycles. The van der Waals surface area contributed by atoms with Crippen LogP contribution in [0.3, 0.4) is 0 Å². The average Bonchev–Trinajstić information content (AvgIpc) is 2.38. The van der Waals surface area contributed by atoms with Crippen LogP contribution in [0.1, 0.15) is 33.6 Å². The smallest absolute Gasteiger partial charge is 0.311 e. The first-order chi connectivity index (χ1) is 8.45. The first kappa shape index (κ1) is 14.3. The van der Waals surface area contributed by atoms with E-state index >= 15 is 0 Å². The first-order valence-corrected chi connectivity index (χ1v) is 6.06. The van der Waals surface area contributed by atoms with Gasteiger partial charge >= 0.3 is 5.69 Å². The Bertz CT molecular complexity index is 428. The van der Waals surface area contributed by atoms with E-state index in [9.17, 15) is 10.1 Å². The Morgan fingerprint density at radius 3 is 2.44 bits per heavy atom. The Labute approximate surface area is 107 Å². The lowest BCUT2D eigenvalue weighted by Crippen LogP contribution is -2.32. The van der Waals surface area contributed by atoms with Crippen LogP contribution in [0.25, 0.3) is 0 Å². The fourth-order valence-electron chi connectivity index (χ4n) is 1.68. The van der Waals surface area contributed by atoms with E-state index in [1.165, 1.54) is 13.2 Å². The summed E-state index contributed by atoms with van der Waals surface area (Å²) in [4.78, 5) is 10.4. The average molecular weight is 252 g/mol. The van der Waals surface area contributed by atoms with Crippen molar-refractivity contribution in [2.75, 3.05) is 12.4 Å². The van der Waals surface area contributed by atoms with Gasteiger partial charge in [-0.3, -0.25) is 10.1 Å². The second kappa shape index (κ2) is 5.71. The summed E-state index contributed by atoms with van der Waals surface area (Å²) in [6, 6.07) is 4.85. The molecule has 0 aliphatic heterocycles. The minimum absolute atomic E-state index is 0.0128. The van der Waals surface area contributed by atoms with Gasteiger partial charge in [0.05, 0.1) is 12.0 Å². The molecule has 18 heavy (non-hydrogen) atoms. The van der Waals surface area contributed by atoms with Crippen LogP contribution in [0.2, 0.25) is 0 Å². The number of hydrogen-bond donors (Lipinski definition) is 1. The Kier molecular flexibility index (Phi) is 4.53. The lowest BCUT2D eigenvalue weighted by Gasteiger charge is -2.29. The highest BCUT2D eigenvalue weighted by Crippen LogP contribution is 2.31. The molecule has 5 nitrogen and oxygen atoms in total. The normalized spacial score (nSPS) is 11.1. The van der Waals surface area contributed by atoms with E-state index in [0.29, 0.717) is 0 Å². The number of nitro benzene ring substituents is 1. The highest BCUT2D eigenvalue weighted by Gasteiger charge is 2.21. The molecule has 1 aromatic rings. The number of nitro groups is 1. The molecule has 0 amide bonds. The van der Waals surface area contributed by atoms with Crippen molar-refractivity contribution >= 4 is 11.4 Å². The molecule has 0 spiro atoms. The van der Waals surface area contributed by atoms with Crippen molar-refractivity contribution in [1.29, 1.82) is 0 Å². The van der Waals surface area contributed by atoms with Crippen LogP contribution in [0.4, 0.5) is 11.4 Å². The molecule has 5 heteroatoms. The maximum absolute atomic E-state index is 10.8. The van der Waals surface area contributed by atoms with E-state index in [4.69, 9.17) is 4.74 Å². The third-order valence-corrected chi connectivity index (χ3v) is 3.38. The molecule has 0 unspecified atom stereocenters. The summed E-state index contributed by atoms with van der Waals surface area (Å²) in [5, 5.41) is 14.2. The largest absolute Gasteiger partial charge is 0.490 e. The van der Waals surface area contributed by atoms with Crippen molar-refractivity contribution < 1.29 is 9.66 Å². The Balaban J connectivity index is 3.02. The number of benzene rings is 1. The maximum Gasteiger partial charge on any atom is 0.311 e. The van der Waals surface area contributed by atoms with Crippen molar-refractivity contribution in [2.24, 2.45) is 0 Å². The molecule has 1 rings (SSSR count). The van der Waals surface area contributed by atoms with Gasteiger partial charge in [0.1, 0.15) is 0 Å². The van der Waals surface area contributed by atoms with Crippen molar-refractivity contribution in [3.63, 3.8) is 0 Å². The fraction of sp³-hybridized carbons (Fsp3) is 0.538. The number of rotatable bonds is 6. The van der Waals surface area contributed by atoms with Gasteiger partial charge in [-0.15, -0.1) is 0 Å². The number of methoxy groups -OCH3 is 1. The van der Waals surface area contributed by atoms with Crippen molar-refractivity contribution in [3.05, 3.63) is 28.3 Å². The predicted molar refractivity (Wildman–Crippen MR) is 72.3 cm³/mol. The molecule has 0 bridgehead atoms.